The minimum absolute atomic E-state index is 0.0794. The van der Waals surface area contributed by atoms with Gasteiger partial charge in [0.05, 0.1) is 5.57 Å². The maximum Gasteiger partial charge on any atom is 0.283 e. The molecule has 31 heavy (non-hydrogen) atoms. The van der Waals surface area contributed by atoms with Crippen molar-refractivity contribution in [2.75, 3.05) is 0 Å². The second kappa shape index (κ2) is 8.59. The van der Waals surface area contributed by atoms with E-state index in [1.54, 1.807) is 6.08 Å². The minimum atomic E-state index is -0.392. The lowest BCUT2D eigenvalue weighted by Gasteiger charge is -2.20. The van der Waals surface area contributed by atoms with Gasteiger partial charge in [-0.2, -0.15) is 15.1 Å². The number of hydrogen-bond acceptors (Lipinski definition) is 4. The van der Waals surface area contributed by atoms with Crippen molar-refractivity contribution in [3.05, 3.63) is 57.3 Å². The van der Waals surface area contributed by atoms with E-state index >= 15 is 0 Å². The number of benzene rings is 1. The average molecular weight is 498 g/mol. The van der Waals surface area contributed by atoms with Crippen molar-refractivity contribution in [1.82, 2.24) is 9.58 Å². The smallest absolute Gasteiger partial charge is 0.283 e. The van der Waals surface area contributed by atoms with Crippen LogP contribution in [0.3, 0.4) is 0 Å². The van der Waals surface area contributed by atoms with Gasteiger partial charge in [0.2, 0.25) is 5.17 Å². The predicted molar refractivity (Wildman–Crippen MR) is 132 cm³/mol. The van der Waals surface area contributed by atoms with Gasteiger partial charge in [0.1, 0.15) is 5.04 Å². The van der Waals surface area contributed by atoms with Crippen molar-refractivity contribution in [2.45, 2.75) is 40.5 Å². The molecule has 0 bridgehead atoms. The molecule has 0 radical (unpaired) electrons. The van der Waals surface area contributed by atoms with Crippen LogP contribution in [-0.4, -0.2) is 31.5 Å². The fourth-order valence-electron chi connectivity index (χ4n) is 3.91. The summed E-state index contributed by atoms with van der Waals surface area (Å²) in [5, 5.41) is 16.2. The Kier molecular flexibility index (Phi) is 6.03. The number of carbonyl (C=O) groups is 1. The quantitative estimate of drug-likeness (QED) is 0.521. The number of thioether (sulfide) groups is 1. The predicted octanol–water partition coefficient (Wildman–Crippen LogP) is 5.91. The molecule has 4 rings (SSSR count). The van der Waals surface area contributed by atoms with Gasteiger partial charge in [-0.25, -0.2) is 0 Å². The minimum Gasteiger partial charge on any atom is -0.318 e. The molecule has 1 amide bonds. The van der Waals surface area contributed by atoms with Crippen LogP contribution in [0.5, 0.6) is 0 Å². The molecule has 2 aliphatic heterocycles. The third-order valence-corrected chi connectivity index (χ3v) is 7.21. The van der Waals surface area contributed by atoms with Gasteiger partial charge in [0, 0.05) is 27.5 Å². The van der Waals surface area contributed by atoms with E-state index < -0.39 is 5.91 Å². The number of rotatable bonds is 5. The first-order valence-corrected chi connectivity index (χ1v) is 11.9. The molecule has 6 nitrogen and oxygen atoms in total. The van der Waals surface area contributed by atoms with Gasteiger partial charge >= 0.3 is 0 Å². The zero-order valence-electron chi connectivity index (χ0n) is 17.9. The summed E-state index contributed by atoms with van der Waals surface area (Å²) in [6.45, 7) is 8.29. The fraction of sp³-hybridized carbons (Fsp3) is 0.304. The SMILES string of the molecule is CCC(CC)C1=NN2C(=N)/C(=C/c3cc(C)n(-c4cccc(Br)c4)c3C)C(=O)N=C2S1. The molecule has 0 saturated heterocycles. The standard InChI is InChI=1S/C23H24BrN5OS/c1-5-15(6-2)22-27-29-20(25)19(21(30)26-23(29)31-22)11-16-10-13(3)28(14(16)4)18-9-7-8-17(24)12-18/h7-12,15,25H,5-6H2,1-4H3/b19-11-,25-20?. The Morgan fingerprint density at radius 1 is 1.23 bits per heavy atom. The van der Waals surface area contributed by atoms with Gasteiger partial charge in [-0.05, 0) is 74.4 Å². The van der Waals surface area contributed by atoms with E-state index in [1.165, 1.54) is 16.8 Å². The summed E-state index contributed by atoms with van der Waals surface area (Å²) in [6, 6.07) is 10.1. The molecule has 1 aromatic heterocycles. The van der Waals surface area contributed by atoms with Crippen LogP contribution in [0.1, 0.15) is 43.6 Å². The van der Waals surface area contributed by atoms with Crippen LogP contribution < -0.4 is 0 Å². The highest BCUT2D eigenvalue weighted by atomic mass is 79.9. The number of hydrogen-bond donors (Lipinski definition) is 1. The van der Waals surface area contributed by atoms with Crippen LogP contribution in [0.4, 0.5) is 0 Å². The molecule has 3 heterocycles. The van der Waals surface area contributed by atoms with E-state index in [0.717, 1.165) is 45.0 Å². The molecule has 0 spiro atoms. The van der Waals surface area contributed by atoms with Crippen LogP contribution in [0.15, 0.2) is 50.5 Å². The van der Waals surface area contributed by atoms with Crippen LogP contribution >= 0.6 is 27.7 Å². The molecular weight excluding hydrogens is 474 g/mol. The van der Waals surface area contributed by atoms with E-state index in [2.05, 4.69) is 50.5 Å². The third kappa shape index (κ3) is 3.94. The van der Waals surface area contributed by atoms with Crippen molar-refractivity contribution >= 4 is 55.7 Å². The molecule has 0 atom stereocenters. The first-order chi connectivity index (χ1) is 14.8. The highest BCUT2D eigenvalue weighted by Crippen LogP contribution is 2.33. The number of nitrogens with zero attached hydrogens (tertiary/aromatic N) is 4. The lowest BCUT2D eigenvalue weighted by Crippen LogP contribution is -2.35. The monoisotopic (exact) mass is 497 g/mol. The lowest BCUT2D eigenvalue weighted by molar-refractivity contribution is -0.114. The summed E-state index contributed by atoms with van der Waals surface area (Å²) in [4.78, 5) is 17.0. The summed E-state index contributed by atoms with van der Waals surface area (Å²) in [7, 11) is 0. The molecule has 2 aliphatic rings. The highest BCUT2D eigenvalue weighted by molar-refractivity contribution is 9.10. The molecule has 8 heteroatoms. The van der Waals surface area contributed by atoms with Crippen LogP contribution in [0.2, 0.25) is 0 Å². The summed E-state index contributed by atoms with van der Waals surface area (Å²) < 4.78 is 3.14. The van der Waals surface area contributed by atoms with Crippen molar-refractivity contribution in [1.29, 1.82) is 5.41 Å². The van der Waals surface area contributed by atoms with Crippen molar-refractivity contribution in [2.24, 2.45) is 16.0 Å². The molecule has 0 fully saturated rings. The number of amides is 1. The van der Waals surface area contributed by atoms with Gasteiger partial charge < -0.3 is 4.57 Å². The van der Waals surface area contributed by atoms with Gasteiger partial charge in [0.25, 0.3) is 5.91 Å². The normalized spacial score (nSPS) is 17.5. The summed E-state index contributed by atoms with van der Waals surface area (Å²) in [6.07, 6.45) is 3.70. The number of amidine groups is 2. The van der Waals surface area contributed by atoms with Crippen molar-refractivity contribution < 1.29 is 4.79 Å². The Morgan fingerprint density at radius 3 is 2.65 bits per heavy atom. The zero-order chi connectivity index (χ0) is 22.3. The van der Waals surface area contributed by atoms with Gasteiger partial charge in [-0.1, -0.05) is 35.8 Å². The Morgan fingerprint density at radius 2 is 1.97 bits per heavy atom. The number of halogens is 1. The second-order valence-electron chi connectivity index (χ2n) is 7.61. The average Bonchev–Trinajstić information content (AvgIpc) is 3.26. The Hall–Kier alpha value is -2.45. The van der Waals surface area contributed by atoms with Gasteiger partial charge in [-0.15, -0.1) is 0 Å². The molecule has 0 aliphatic carbocycles. The maximum atomic E-state index is 12.8. The van der Waals surface area contributed by atoms with E-state index in [0.29, 0.717) is 11.1 Å². The third-order valence-electron chi connectivity index (χ3n) is 5.64. The molecular formula is C23H24BrN5OS. The summed E-state index contributed by atoms with van der Waals surface area (Å²) in [5.74, 6) is 0.00507. The number of carbonyl (C=O) groups excluding carboxylic acids is 1. The Bertz CT molecular complexity index is 1170. The van der Waals surface area contributed by atoms with Gasteiger partial charge in [-0.3, -0.25) is 10.2 Å². The van der Waals surface area contributed by atoms with E-state index in [-0.39, 0.29) is 11.4 Å². The van der Waals surface area contributed by atoms with Crippen LogP contribution in [-0.2, 0) is 4.79 Å². The first-order valence-electron chi connectivity index (χ1n) is 10.3. The number of aliphatic imine (C=N–C) groups is 1. The molecule has 160 valence electrons. The molecule has 0 saturated carbocycles. The second-order valence-corrected chi connectivity index (χ2v) is 9.52. The van der Waals surface area contributed by atoms with Crippen LogP contribution in [0, 0.1) is 25.2 Å². The highest BCUT2D eigenvalue weighted by Gasteiger charge is 2.37. The fourth-order valence-corrected chi connectivity index (χ4v) is 5.46. The maximum absolute atomic E-state index is 12.8. The number of nitrogens with one attached hydrogen (secondary N) is 1. The van der Waals surface area contributed by atoms with Crippen molar-refractivity contribution in [3.63, 3.8) is 0 Å². The molecule has 1 aromatic carbocycles. The molecule has 1 N–H and O–H groups in total. The number of fused-ring (bicyclic) bond motifs is 1. The number of hydrazone groups is 1. The number of aromatic nitrogens is 1. The van der Waals surface area contributed by atoms with Gasteiger partial charge in [0.15, 0.2) is 5.84 Å². The van der Waals surface area contributed by atoms with E-state index in [9.17, 15) is 4.79 Å². The summed E-state index contributed by atoms with van der Waals surface area (Å²) >= 11 is 4.93. The summed E-state index contributed by atoms with van der Waals surface area (Å²) in [5.41, 5.74) is 4.23. The van der Waals surface area contributed by atoms with Crippen molar-refractivity contribution in [3.8, 4) is 5.69 Å². The zero-order valence-corrected chi connectivity index (χ0v) is 20.3. The van der Waals surface area contributed by atoms with E-state index in [1.807, 2.05) is 38.1 Å². The molecule has 2 aromatic rings. The first kappa shape index (κ1) is 21.8. The topological polar surface area (TPSA) is 73.8 Å². The number of aryl methyl sites for hydroxylation is 1. The Labute approximate surface area is 194 Å². The largest absolute Gasteiger partial charge is 0.318 e. The lowest BCUT2D eigenvalue weighted by atomic mass is 10.1. The molecule has 0 unspecified atom stereocenters. The van der Waals surface area contributed by atoms with E-state index in [4.69, 9.17) is 5.41 Å². The van der Waals surface area contributed by atoms with Crippen LogP contribution in [0.25, 0.3) is 11.8 Å². The Balaban J connectivity index is 1.71.